The molecule has 1 aliphatic rings. The number of rotatable bonds is 7. The normalized spacial score (nSPS) is 13.7. The Balaban J connectivity index is 1.76. The van der Waals surface area contributed by atoms with Crippen molar-refractivity contribution >= 4 is 28.8 Å². The fourth-order valence-corrected chi connectivity index (χ4v) is 3.65. The van der Waals surface area contributed by atoms with Gasteiger partial charge in [-0.1, -0.05) is 49.4 Å². The third kappa shape index (κ3) is 4.14. The minimum Gasteiger partial charge on any atom is -0.494 e. The van der Waals surface area contributed by atoms with Crippen molar-refractivity contribution in [1.82, 2.24) is 0 Å². The van der Waals surface area contributed by atoms with Gasteiger partial charge in [0.15, 0.2) is 0 Å². The molecule has 0 bridgehead atoms. The van der Waals surface area contributed by atoms with Crippen molar-refractivity contribution in [2.45, 2.75) is 27.2 Å². The lowest BCUT2D eigenvalue weighted by molar-refractivity contribution is -0.120. The molecule has 0 aromatic heterocycles. The van der Waals surface area contributed by atoms with Gasteiger partial charge in [-0.3, -0.25) is 9.59 Å². The van der Waals surface area contributed by atoms with E-state index in [0.29, 0.717) is 34.9 Å². The van der Waals surface area contributed by atoms with Gasteiger partial charge in [0.2, 0.25) is 0 Å². The number of hydrogen-bond acceptors (Lipinski definition) is 4. The Morgan fingerprint density at radius 1 is 0.844 bits per heavy atom. The first kappa shape index (κ1) is 21.4. The highest BCUT2D eigenvalue weighted by molar-refractivity contribution is 6.46. The van der Waals surface area contributed by atoms with Crippen molar-refractivity contribution in [2.75, 3.05) is 16.8 Å². The predicted molar refractivity (Wildman–Crippen MR) is 128 cm³/mol. The molecule has 0 aliphatic carbocycles. The van der Waals surface area contributed by atoms with E-state index < -0.39 is 0 Å². The van der Waals surface area contributed by atoms with Crippen molar-refractivity contribution in [3.05, 3.63) is 95.2 Å². The van der Waals surface area contributed by atoms with Gasteiger partial charge in [-0.15, -0.1) is 0 Å². The van der Waals surface area contributed by atoms with Crippen LogP contribution in [-0.2, 0) is 9.59 Å². The van der Waals surface area contributed by atoms with Gasteiger partial charge >= 0.3 is 0 Å². The Kier molecular flexibility index (Phi) is 6.08. The summed E-state index contributed by atoms with van der Waals surface area (Å²) in [6, 6.07) is 22.3. The number of amides is 2. The van der Waals surface area contributed by atoms with Crippen molar-refractivity contribution in [3.63, 3.8) is 0 Å². The van der Waals surface area contributed by atoms with Crippen LogP contribution in [0, 0.1) is 13.8 Å². The zero-order valence-electron chi connectivity index (χ0n) is 18.5. The third-order valence-electron chi connectivity index (χ3n) is 5.47. The number of imide groups is 1. The van der Waals surface area contributed by atoms with Crippen molar-refractivity contribution in [3.8, 4) is 5.75 Å². The van der Waals surface area contributed by atoms with Crippen molar-refractivity contribution in [1.29, 1.82) is 0 Å². The maximum absolute atomic E-state index is 13.5. The van der Waals surface area contributed by atoms with Gasteiger partial charge in [0.1, 0.15) is 11.4 Å². The van der Waals surface area contributed by atoms with Crippen LogP contribution in [0.15, 0.2) is 78.5 Å². The number of nitrogens with zero attached hydrogens (tertiary/aromatic N) is 1. The van der Waals surface area contributed by atoms with Gasteiger partial charge in [0, 0.05) is 11.8 Å². The smallest absolute Gasteiger partial charge is 0.282 e. The first-order chi connectivity index (χ1) is 15.5. The average molecular weight is 427 g/mol. The number of benzene rings is 3. The lowest BCUT2D eigenvalue weighted by atomic mass is 10.0. The van der Waals surface area contributed by atoms with Gasteiger partial charge in [-0.05, 0) is 61.2 Å². The van der Waals surface area contributed by atoms with Gasteiger partial charge < -0.3 is 10.1 Å². The maximum atomic E-state index is 13.5. The number of carbonyl (C=O) groups is 2. The summed E-state index contributed by atoms with van der Waals surface area (Å²) in [5.41, 5.74) is 4.68. The summed E-state index contributed by atoms with van der Waals surface area (Å²) in [6.07, 6.45) is 0.902. The second-order valence-electron chi connectivity index (χ2n) is 7.83. The second kappa shape index (κ2) is 9.10. The van der Waals surface area contributed by atoms with Crippen LogP contribution in [0.25, 0.3) is 5.57 Å². The Hall–Kier alpha value is -3.86. The fraction of sp³-hybridized carbons (Fsp3) is 0.185. The maximum Gasteiger partial charge on any atom is 0.282 e. The molecule has 3 aromatic carbocycles. The van der Waals surface area contributed by atoms with E-state index in [1.165, 1.54) is 4.90 Å². The highest BCUT2D eigenvalue weighted by Crippen LogP contribution is 2.34. The number of carbonyl (C=O) groups excluding carboxylic acids is 2. The molecule has 32 heavy (non-hydrogen) atoms. The topological polar surface area (TPSA) is 58.6 Å². The van der Waals surface area contributed by atoms with Crippen molar-refractivity contribution < 1.29 is 14.3 Å². The summed E-state index contributed by atoms with van der Waals surface area (Å²) in [4.78, 5) is 28.3. The Labute approximate surface area is 188 Å². The molecular weight excluding hydrogens is 400 g/mol. The summed E-state index contributed by atoms with van der Waals surface area (Å²) in [5, 5.41) is 3.20. The van der Waals surface area contributed by atoms with Crippen molar-refractivity contribution in [2.24, 2.45) is 0 Å². The van der Waals surface area contributed by atoms with E-state index in [1.54, 1.807) is 0 Å². The highest BCUT2D eigenvalue weighted by atomic mass is 16.5. The van der Waals surface area contributed by atoms with Crippen LogP contribution < -0.4 is 15.0 Å². The summed E-state index contributed by atoms with van der Waals surface area (Å²) in [7, 11) is 0. The number of nitrogens with one attached hydrogen (secondary N) is 1. The largest absolute Gasteiger partial charge is 0.494 e. The highest BCUT2D eigenvalue weighted by Gasteiger charge is 2.40. The van der Waals surface area contributed by atoms with Crippen LogP contribution in [0.4, 0.5) is 11.4 Å². The lowest BCUT2D eigenvalue weighted by Crippen LogP contribution is -2.32. The predicted octanol–water partition coefficient (Wildman–Crippen LogP) is 5.49. The van der Waals surface area contributed by atoms with Crippen LogP contribution >= 0.6 is 0 Å². The zero-order chi connectivity index (χ0) is 22.7. The first-order valence-electron chi connectivity index (χ1n) is 10.7. The van der Waals surface area contributed by atoms with Crippen LogP contribution in [0.1, 0.15) is 30.0 Å². The molecule has 0 atom stereocenters. The zero-order valence-corrected chi connectivity index (χ0v) is 18.5. The summed E-state index contributed by atoms with van der Waals surface area (Å²) in [5.74, 6) is -0.0103. The van der Waals surface area contributed by atoms with E-state index in [2.05, 4.69) is 5.32 Å². The molecule has 0 spiro atoms. The molecule has 2 amide bonds. The molecule has 0 saturated heterocycles. The molecule has 5 nitrogen and oxygen atoms in total. The summed E-state index contributed by atoms with van der Waals surface area (Å²) in [6.45, 7) is 6.62. The van der Waals surface area contributed by atoms with E-state index in [0.717, 1.165) is 17.5 Å². The van der Waals surface area contributed by atoms with E-state index >= 15 is 0 Å². The average Bonchev–Trinajstić information content (AvgIpc) is 3.04. The minimum absolute atomic E-state index is 0.257. The second-order valence-corrected chi connectivity index (χ2v) is 7.83. The molecule has 4 rings (SSSR count). The molecule has 0 unspecified atom stereocenters. The van der Waals surface area contributed by atoms with Crippen LogP contribution in [-0.4, -0.2) is 18.4 Å². The van der Waals surface area contributed by atoms with Gasteiger partial charge in [0.25, 0.3) is 11.8 Å². The van der Waals surface area contributed by atoms with Gasteiger partial charge in [-0.25, -0.2) is 4.90 Å². The number of hydrogen-bond donors (Lipinski definition) is 1. The Bertz CT molecular complexity index is 1200. The Morgan fingerprint density at radius 3 is 2.34 bits per heavy atom. The van der Waals surface area contributed by atoms with E-state index in [4.69, 9.17) is 4.74 Å². The van der Waals surface area contributed by atoms with Crippen LogP contribution in [0.5, 0.6) is 5.75 Å². The monoisotopic (exact) mass is 426 g/mol. The molecule has 1 N–H and O–H groups in total. The Morgan fingerprint density at radius 2 is 1.62 bits per heavy atom. The molecule has 3 aromatic rings. The molecule has 5 heteroatoms. The molecule has 0 radical (unpaired) electrons. The molecule has 0 fully saturated rings. The fourth-order valence-electron chi connectivity index (χ4n) is 3.65. The minimum atomic E-state index is -0.378. The number of anilines is 2. The number of ether oxygens (including phenoxy) is 1. The summed E-state index contributed by atoms with van der Waals surface area (Å²) < 4.78 is 5.72. The molecular formula is C27H26N2O3. The first-order valence-corrected chi connectivity index (χ1v) is 10.7. The quantitative estimate of drug-likeness (QED) is 0.508. The van der Waals surface area contributed by atoms with Gasteiger partial charge in [0.05, 0.1) is 17.9 Å². The molecule has 0 saturated carbocycles. The molecule has 1 heterocycles. The van der Waals surface area contributed by atoms with Crippen LogP contribution in [0.2, 0.25) is 0 Å². The molecule has 162 valence electrons. The summed E-state index contributed by atoms with van der Waals surface area (Å²) >= 11 is 0. The lowest BCUT2D eigenvalue weighted by Gasteiger charge is -2.17. The third-order valence-corrected chi connectivity index (χ3v) is 5.47. The van der Waals surface area contributed by atoms with Gasteiger partial charge in [-0.2, -0.15) is 0 Å². The van der Waals surface area contributed by atoms with E-state index in [1.807, 2.05) is 93.6 Å². The molecule has 1 aliphatic heterocycles. The number of aryl methyl sites for hydroxylation is 2. The SMILES string of the molecule is CCCOc1cccc(NC2=C(c3ccccc3)C(=O)N(c3ccc(C)c(C)c3)C2=O)c1. The van der Waals surface area contributed by atoms with E-state index in [9.17, 15) is 9.59 Å². The van der Waals surface area contributed by atoms with Crippen LogP contribution in [0.3, 0.4) is 0 Å². The van der Waals surface area contributed by atoms with E-state index in [-0.39, 0.29) is 17.5 Å². The standard InChI is InChI=1S/C27H26N2O3/c1-4-15-32-23-12-8-11-21(17-23)28-25-24(20-9-6-5-7-10-20)26(30)29(27(25)31)22-14-13-18(2)19(3)16-22/h5-14,16-17,28H,4,15H2,1-3H3.